The lowest BCUT2D eigenvalue weighted by atomic mass is 10.2. The van der Waals surface area contributed by atoms with Crippen molar-refractivity contribution in [3.63, 3.8) is 0 Å². The van der Waals surface area contributed by atoms with Gasteiger partial charge in [-0.2, -0.15) is 0 Å². The Kier molecular flexibility index (Phi) is 1.86. The summed E-state index contributed by atoms with van der Waals surface area (Å²) in [6.45, 7) is 0. The zero-order valence-corrected chi connectivity index (χ0v) is 8.33. The van der Waals surface area contributed by atoms with Crippen molar-refractivity contribution in [3.8, 4) is 11.3 Å². The van der Waals surface area contributed by atoms with Crippen LogP contribution in [0.2, 0.25) is 0 Å². The molecule has 0 saturated carbocycles. The van der Waals surface area contributed by atoms with Crippen LogP contribution in [0, 0.1) is 0 Å². The number of furan rings is 1. The molecule has 0 atom stereocenters. The maximum atomic E-state index is 10.5. The van der Waals surface area contributed by atoms with E-state index in [1.807, 2.05) is 28.8 Å². The number of imidazole rings is 1. The number of pyridine rings is 1. The molecule has 0 aliphatic carbocycles. The predicted molar refractivity (Wildman–Crippen MR) is 58.3 cm³/mol. The fraction of sp³-hybridized carbons (Fsp3) is 0. The van der Waals surface area contributed by atoms with Crippen molar-refractivity contribution in [2.45, 2.75) is 0 Å². The van der Waals surface area contributed by atoms with E-state index in [4.69, 9.17) is 4.42 Å². The summed E-state index contributed by atoms with van der Waals surface area (Å²) in [6.07, 6.45) is 5.92. The van der Waals surface area contributed by atoms with Gasteiger partial charge in [0.2, 0.25) is 0 Å². The van der Waals surface area contributed by atoms with Gasteiger partial charge in [0.05, 0.1) is 11.9 Å². The minimum absolute atomic E-state index is 0.320. The predicted octanol–water partition coefficient (Wildman–Crippen LogP) is 2.41. The minimum Gasteiger partial charge on any atom is -0.461 e. The van der Waals surface area contributed by atoms with E-state index in [0.29, 0.717) is 12.0 Å². The quantitative estimate of drug-likeness (QED) is 0.613. The number of carbonyl (C=O) groups is 1. The van der Waals surface area contributed by atoms with Crippen LogP contribution in [0.1, 0.15) is 10.6 Å². The van der Waals surface area contributed by atoms with Gasteiger partial charge in [0.25, 0.3) is 0 Å². The van der Waals surface area contributed by atoms with Crippen LogP contribution in [-0.4, -0.2) is 15.7 Å². The second-order valence-corrected chi connectivity index (χ2v) is 3.43. The number of carbonyl (C=O) groups excluding carboxylic acids is 1. The summed E-state index contributed by atoms with van der Waals surface area (Å²) in [7, 11) is 0. The summed E-state index contributed by atoms with van der Waals surface area (Å²) < 4.78 is 7.02. The van der Waals surface area contributed by atoms with Gasteiger partial charge < -0.3 is 4.42 Å². The van der Waals surface area contributed by atoms with E-state index < -0.39 is 0 Å². The summed E-state index contributed by atoms with van der Waals surface area (Å²) >= 11 is 0. The molecule has 3 rings (SSSR count). The van der Waals surface area contributed by atoms with Crippen molar-refractivity contribution in [1.82, 2.24) is 9.38 Å². The van der Waals surface area contributed by atoms with E-state index in [1.54, 1.807) is 18.5 Å². The first-order valence-electron chi connectivity index (χ1n) is 4.84. The van der Waals surface area contributed by atoms with Crippen molar-refractivity contribution < 1.29 is 9.21 Å². The first-order valence-corrected chi connectivity index (χ1v) is 4.84. The first-order chi connectivity index (χ1) is 7.88. The highest BCUT2D eigenvalue weighted by molar-refractivity contribution is 5.75. The number of hydrogen-bond donors (Lipinski definition) is 0. The van der Waals surface area contributed by atoms with Gasteiger partial charge in [-0.3, -0.25) is 9.20 Å². The fourth-order valence-corrected chi connectivity index (χ4v) is 1.70. The summed E-state index contributed by atoms with van der Waals surface area (Å²) in [5, 5.41) is 0. The van der Waals surface area contributed by atoms with Crippen molar-refractivity contribution in [2.75, 3.05) is 0 Å². The highest BCUT2D eigenvalue weighted by atomic mass is 16.3. The van der Waals surface area contributed by atoms with Crippen molar-refractivity contribution in [1.29, 1.82) is 0 Å². The zero-order chi connectivity index (χ0) is 11.0. The smallest absolute Gasteiger partial charge is 0.185 e. The molecule has 0 saturated heterocycles. The van der Waals surface area contributed by atoms with E-state index in [0.717, 1.165) is 16.9 Å². The minimum atomic E-state index is 0.320. The molecule has 3 aromatic rings. The van der Waals surface area contributed by atoms with Crippen LogP contribution in [0.15, 0.2) is 47.3 Å². The van der Waals surface area contributed by atoms with Crippen molar-refractivity contribution in [2.24, 2.45) is 0 Å². The highest BCUT2D eigenvalue weighted by Crippen LogP contribution is 2.22. The van der Waals surface area contributed by atoms with E-state index in [9.17, 15) is 4.79 Å². The van der Waals surface area contributed by atoms with Crippen LogP contribution >= 0.6 is 0 Å². The van der Waals surface area contributed by atoms with Crippen LogP contribution in [0.5, 0.6) is 0 Å². The monoisotopic (exact) mass is 212 g/mol. The van der Waals surface area contributed by atoms with E-state index in [2.05, 4.69) is 4.98 Å². The Bertz CT molecular complexity index is 652. The van der Waals surface area contributed by atoms with Gasteiger partial charge in [-0.15, -0.1) is 0 Å². The first kappa shape index (κ1) is 8.91. The molecule has 3 aromatic heterocycles. The lowest BCUT2D eigenvalue weighted by molar-refractivity contribution is 0.110. The molecule has 0 radical (unpaired) electrons. The normalized spacial score (nSPS) is 10.8. The molecule has 0 spiro atoms. The molecule has 0 aliphatic heterocycles. The summed E-state index contributed by atoms with van der Waals surface area (Å²) in [6, 6.07) is 7.48. The Morgan fingerprint density at radius 1 is 1.38 bits per heavy atom. The van der Waals surface area contributed by atoms with Gasteiger partial charge in [-0.25, -0.2) is 4.98 Å². The molecule has 3 heterocycles. The van der Waals surface area contributed by atoms with Crippen LogP contribution in [0.25, 0.3) is 16.9 Å². The van der Waals surface area contributed by atoms with Crippen LogP contribution in [0.3, 0.4) is 0 Å². The number of aldehydes is 1. The van der Waals surface area contributed by atoms with Gasteiger partial charge >= 0.3 is 0 Å². The molecule has 78 valence electrons. The Hall–Kier alpha value is -2.36. The largest absolute Gasteiger partial charge is 0.461 e. The van der Waals surface area contributed by atoms with Crippen molar-refractivity contribution >= 4 is 11.9 Å². The lowest BCUT2D eigenvalue weighted by Crippen LogP contribution is -1.85. The zero-order valence-electron chi connectivity index (χ0n) is 8.33. The van der Waals surface area contributed by atoms with E-state index in [1.165, 1.54) is 0 Å². The standard InChI is InChI=1S/C12H8N2O2/c15-7-10-5-9(8-16-10)11-6-13-12-3-1-2-4-14(11)12/h1-8H. The number of hydrogen-bond acceptors (Lipinski definition) is 3. The highest BCUT2D eigenvalue weighted by Gasteiger charge is 2.08. The molecule has 4 heteroatoms. The number of nitrogens with zero attached hydrogens (tertiary/aromatic N) is 2. The molecule has 0 aromatic carbocycles. The topological polar surface area (TPSA) is 47.5 Å². The maximum Gasteiger partial charge on any atom is 0.185 e. The number of rotatable bonds is 2. The van der Waals surface area contributed by atoms with E-state index in [-0.39, 0.29) is 0 Å². The van der Waals surface area contributed by atoms with E-state index >= 15 is 0 Å². The SMILES string of the molecule is O=Cc1cc(-c2cnc3ccccn23)co1. The molecule has 0 amide bonds. The third-order valence-electron chi connectivity index (χ3n) is 2.45. The second kappa shape index (κ2) is 3.34. The molecule has 16 heavy (non-hydrogen) atoms. The molecule has 0 aliphatic rings. The van der Waals surface area contributed by atoms with Crippen molar-refractivity contribution in [3.05, 3.63) is 48.7 Å². The Morgan fingerprint density at radius 2 is 2.31 bits per heavy atom. The Morgan fingerprint density at radius 3 is 3.12 bits per heavy atom. The third-order valence-corrected chi connectivity index (χ3v) is 2.45. The molecule has 4 nitrogen and oxygen atoms in total. The number of fused-ring (bicyclic) bond motifs is 1. The van der Waals surface area contributed by atoms with Gasteiger partial charge in [-0.1, -0.05) is 6.07 Å². The Balaban J connectivity index is 2.21. The lowest BCUT2D eigenvalue weighted by Gasteiger charge is -1.96. The third kappa shape index (κ3) is 1.24. The second-order valence-electron chi connectivity index (χ2n) is 3.43. The molecular weight excluding hydrogens is 204 g/mol. The Labute approximate surface area is 91.1 Å². The average Bonchev–Trinajstić information content (AvgIpc) is 2.94. The summed E-state index contributed by atoms with van der Waals surface area (Å²) in [5.41, 5.74) is 2.62. The van der Waals surface area contributed by atoms with Crippen LogP contribution in [-0.2, 0) is 0 Å². The maximum absolute atomic E-state index is 10.5. The molecule has 0 fully saturated rings. The van der Waals surface area contributed by atoms with Crippen LogP contribution in [0.4, 0.5) is 0 Å². The van der Waals surface area contributed by atoms with Gasteiger partial charge in [-0.05, 0) is 18.2 Å². The molecular formula is C12H8N2O2. The molecule has 0 bridgehead atoms. The van der Waals surface area contributed by atoms with Gasteiger partial charge in [0.15, 0.2) is 12.0 Å². The number of aromatic nitrogens is 2. The molecule has 0 N–H and O–H groups in total. The van der Waals surface area contributed by atoms with Crippen LogP contribution < -0.4 is 0 Å². The molecule has 0 unspecified atom stereocenters. The van der Waals surface area contributed by atoms with Gasteiger partial charge in [0.1, 0.15) is 11.9 Å². The summed E-state index contributed by atoms with van der Waals surface area (Å²) in [5.74, 6) is 0.320. The van der Waals surface area contributed by atoms with Gasteiger partial charge in [0, 0.05) is 11.8 Å². The summed E-state index contributed by atoms with van der Waals surface area (Å²) in [4.78, 5) is 14.8. The average molecular weight is 212 g/mol. The fourth-order valence-electron chi connectivity index (χ4n) is 1.70.